The molecule has 0 radical (unpaired) electrons. The van der Waals surface area contributed by atoms with Crippen LogP contribution < -0.4 is 0 Å². The van der Waals surface area contributed by atoms with E-state index in [1.54, 1.807) is 11.1 Å². The number of carboxylic acids is 1. The Kier molecular flexibility index (Phi) is 4.65. The first-order valence-corrected chi connectivity index (χ1v) is 6.86. The van der Waals surface area contributed by atoms with E-state index in [1.165, 1.54) is 6.20 Å². The van der Waals surface area contributed by atoms with Gasteiger partial charge in [-0.05, 0) is 32.1 Å². The monoisotopic (exact) mass is 277 g/mol. The first kappa shape index (κ1) is 14.4. The van der Waals surface area contributed by atoms with Gasteiger partial charge in [0.05, 0.1) is 11.9 Å². The average Bonchev–Trinajstić information content (AvgIpc) is 2.45. The van der Waals surface area contributed by atoms with E-state index < -0.39 is 5.97 Å². The van der Waals surface area contributed by atoms with Crippen LogP contribution in [0.15, 0.2) is 12.4 Å². The lowest BCUT2D eigenvalue weighted by molar-refractivity contribution is -0.137. The second kappa shape index (κ2) is 6.45. The standard InChI is InChI=1S/C14H19N3O3/c1-10-7-16-12(8-15-10)14(20)17-6-2-3-11(9-17)4-5-13(18)19/h7-8,11H,2-6,9H2,1H3,(H,18,19)/t11-/m0/s1. The fourth-order valence-corrected chi connectivity index (χ4v) is 2.48. The van der Waals surface area contributed by atoms with Gasteiger partial charge in [0.1, 0.15) is 5.69 Å². The van der Waals surface area contributed by atoms with Crippen LogP contribution in [0.2, 0.25) is 0 Å². The lowest BCUT2D eigenvalue weighted by Gasteiger charge is -2.32. The third kappa shape index (κ3) is 3.76. The van der Waals surface area contributed by atoms with Gasteiger partial charge in [-0.1, -0.05) is 0 Å². The van der Waals surface area contributed by atoms with E-state index in [4.69, 9.17) is 5.11 Å². The third-order valence-electron chi connectivity index (χ3n) is 3.57. The maximum absolute atomic E-state index is 12.3. The Bertz CT molecular complexity index is 487. The van der Waals surface area contributed by atoms with Gasteiger partial charge in [0, 0.05) is 25.7 Å². The van der Waals surface area contributed by atoms with Gasteiger partial charge in [-0.15, -0.1) is 0 Å². The van der Waals surface area contributed by atoms with Crippen LogP contribution in [0, 0.1) is 12.8 Å². The SMILES string of the molecule is Cc1cnc(C(=O)N2CCC[C@@H](CCC(=O)O)C2)cn1. The molecule has 0 aliphatic carbocycles. The fraction of sp³-hybridized carbons (Fsp3) is 0.571. The molecule has 0 saturated carbocycles. The van der Waals surface area contributed by atoms with Gasteiger partial charge in [0.2, 0.25) is 0 Å². The van der Waals surface area contributed by atoms with E-state index in [2.05, 4.69) is 9.97 Å². The predicted octanol–water partition coefficient (Wildman–Crippen LogP) is 1.50. The Morgan fingerprint density at radius 1 is 1.40 bits per heavy atom. The van der Waals surface area contributed by atoms with Crippen molar-refractivity contribution in [3.8, 4) is 0 Å². The van der Waals surface area contributed by atoms with Gasteiger partial charge in [-0.2, -0.15) is 0 Å². The van der Waals surface area contributed by atoms with Gasteiger partial charge in [-0.25, -0.2) is 4.98 Å². The molecule has 0 unspecified atom stereocenters. The number of nitrogens with zero attached hydrogens (tertiary/aromatic N) is 3. The van der Waals surface area contributed by atoms with Crippen molar-refractivity contribution < 1.29 is 14.7 Å². The molecule has 108 valence electrons. The third-order valence-corrected chi connectivity index (χ3v) is 3.57. The summed E-state index contributed by atoms with van der Waals surface area (Å²) in [5.74, 6) is -0.627. The summed E-state index contributed by atoms with van der Waals surface area (Å²) in [5.41, 5.74) is 1.13. The van der Waals surface area contributed by atoms with Gasteiger partial charge in [0.25, 0.3) is 5.91 Å². The van der Waals surface area contributed by atoms with Crippen molar-refractivity contribution in [2.75, 3.05) is 13.1 Å². The van der Waals surface area contributed by atoms with Gasteiger partial charge in [0.15, 0.2) is 0 Å². The molecule has 1 aliphatic rings. The Labute approximate surface area is 117 Å². The molecule has 1 amide bonds. The van der Waals surface area contributed by atoms with E-state index in [0.29, 0.717) is 25.2 Å². The highest BCUT2D eigenvalue weighted by Crippen LogP contribution is 2.22. The summed E-state index contributed by atoms with van der Waals surface area (Å²) in [6, 6.07) is 0. The zero-order chi connectivity index (χ0) is 14.5. The lowest BCUT2D eigenvalue weighted by atomic mass is 9.93. The summed E-state index contributed by atoms with van der Waals surface area (Å²) in [4.78, 5) is 32.9. The molecular formula is C14H19N3O3. The maximum atomic E-state index is 12.3. The Morgan fingerprint density at radius 3 is 2.85 bits per heavy atom. The zero-order valence-electron chi connectivity index (χ0n) is 11.6. The van der Waals surface area contributed by atoms with E-state index >= 15 is 0 Å². The Balaban J connectivity index is 1.96. The smallest absolute Gasteiger partial charge is 0.303 e. The number of hydrogen-bond donors (Lipinski definition) is 1. The minimum atomic E-state index is -0.780. The van der Waals surface area contributed by atoms with Gasteiger partial charge in [-0.3, -0.25) is 14.6 Å². The molecule has 1 fully saturated rings. The molecule has 0 bridgehead atoms. The number of likely N-dealkylation sites (tertiary alicyclic amines) is 1. The van der Waals surface area contributed by atoms with Crippen LogP contribution in [0.1, 0.15) is 41.9 Å². The molecule has 2 rings (SSSR count). The highest BCUT2D eigenvalue weighted by molar-refractivity contribution is 5.92. The van der Waals surface area contributed by atoms with Crippen molar-refractivity contribution in [2.24, 2.45) is 5.92 Å². The lowest BCUT2D eigenvalue weighted by Crippen LogP contribution is -2.40. The number of aryl methyl sites for hydroxylation is 1. The molecule has 6 heteroatoms. The second-order valence-corrected chi connectivity index (χ2v) is 5.23. The first-order valence-electron chi connectivity index (χ1n) is 6.86. The molecule has 1 atom stereocenters. The van der Waals surface area contributed by atoms with E-state index in [-0.39, 0.29) is 18.2 Å². The molecular weight excluding hydrogens is 258 g/mol. The van der Waals surface area contributed by atoms with Crippen LogP contribution in [-0.4, -0.2) is 44.9 Å². The number of carbonyl (C=O) groups excluding carboxylic acids is 1. The first-order chi connectivity index (χ1) is 9.56. The van der Waals surface area contributed by atoms with E-state index in [0.717, 1.165) is 18.5 Å². The molecule has 1 aromatic heterocycles. The molecule has 1 saturated heterocycles. The number of aliphatic carboxylic acids is 1. The molecule has 2 heterocycles. The second-order valence-electron chi connectivity index (χ2n) is 5.23. The number of piperidine rings is 1. The van der Waals surface area contributed by atoms with E-state index in [1.807, 2.05) is 6.92 Å². The fourth-order valence-electron chi connectivity index (χ4n) is 2.48. The maximum Gasteiger partial charge on any atom is 0.303 e. The summed E-state index contributed by atoms with van der Waals surface area (Å²) in [7, 11) is 0. The predicted molar refractivity (Wildman–Crippen MR) is 72.3 cm³/mol. The molecule has 0 spiro atoms. The summed E-state index contributed by atoms with van der Waals surface area (Å²) in [5, 5.41) is 8.72. The molecule has 20 heavy (non-hydrogen) atoms. The number of rotatable bonds is 4. The molecule has 1 aromatic rings. The summed E-state index contributed by atoms with van der Waals surface area (Å²) in [6.07, 6.45) is 5.76. The van der Waals surface area contributed by atoms with Crippen molar-refractivity contribution >= 4 is 11.9 Å². The topological polar surface area (TPSA) is 83.4 Å². The van der Waals surface area contributed by atoms with Crippen LogP contribution in [0.4, 0.5) is 0 Å². The number of hydrogen-bond acceptors (Lipinski definition) is 4. The van der Waals surface area contributed by atoms with Gasteiger partial charge < -0.3 is 10.0 Å². The molecule has 6 nitrogen and oxygen atoms in total. The number of aromatic nitrogens is 2. The summed E-state index contributed by atoms with van der Waals surface area (Å²) >= 11 is 0. The van der Waals surface area contributed by atoms with Crippen molar-refractivity contribution in [1.82, 2.24) is 14.9 Å². The molecule has 1 N–H and O–H groups in total. The minimum Gasteiger partial charge on any atom is -0.481 e. The molecule has 0 aromatic carbocycles. The van der Waals surface area contributed by atoms with Crippen molar-refractivity contribution in [3.63, 3.8) is 0 Å². The van der Waals surface area contributed by atoms with Crippen molar-refractivity contribution in [3.05, 3.63) is 23.8 Å². The average molecular weight is 277 g/mol. The normalized spacial score (nSPS) is 18.9. The van der Waals surface area contributed by atoms with Crippen LogP contribution in [0.3, 0.4) is 0 Å². The van der Waals surface area contributed by atoms with Crippen molar-refractivity contribution in [1.29, 1.82) is 0 Å². The summed E-state index contributed by atoms with van der Waals surface area (Å²) in [6.45, 7) is 3.14. The number of carboxylic acid groups (broad SMARTS) is 1. The number of carbonyl (C=O) groups is 2. The summed E-state index contributed by atoms with van der Waals surface area (Å²) < 4.78 is 0. The largest absolute Gasteiger partial charge is 0.481 e. The molecule has 1 aliphatic heterocycles. The Hall–Kier alpha value is -1.98. The zero-order valence-corrected chi connectivity index (χ0v) is 11.6. The van der Waals surface area contributed by atoms with E-state index in [9.17, 15) is 9.59 Å². The van der Waals surface area contributed by atoms with Crippen molar-refractivity contribution in [2.45, 2.75) is 32.6 Å². The van der Waals surface area contributed by atoms with Crippen LogP contribution in [0.5, 0.6) is 0 Å². The van der Waals surface area contributed by atoms with Crippen LogP contribution >= 0.6 is 0 Å². The Morgan fingerprint density at radius 2 is 2.20 bits per heavy atom. The quantitative estimate of drug-likeness (QED) is 0.901. The minimum absolute atomic E-state index is 0.113. The van der Waals surface area contributed by atoms with Crippen LogP contribution in [-0.2, 0) is 4.79 Å². The highest BCUT2D eigenvalue weighted by atomic mass is 16.4. The van der Waals surface area contributed by atoms with Crippen LogP contribution in [0.25, 0.3) is 0 Å². The van der Waals surface area contributed by atoms with Gasteiger partial charge >= 0.3 is 5.97 Å². The highest BCUT2D eigenvalue weighted by Gasteiger charge is 2.25. The number of amides is 1.